The van der Waals surface area contributed by atoms with Crippen LogP contribution >= 0.6 is 35.3 Å². The minimum absolute atomic E-state index is 0. The average Bonchev–Trinajstić information content (AvgIpc) is 3.02. The molecular weight excluding hydrogens is 463 g/mol. The standard InChI is InChI=1S/C18H24N4O2S.HI/c1-3-19-18(22-12-16-13(2)8-11-25-16)21-10-9-20-17(24)14-4-6-15(23)7-5-14;/h4-8,11,23H,3,9-10,12H2,1-2H3,(H,20,24)(H2,19,21,22);1H. The number of aryl methyl sites for hydroxylation is 1. The second-order valence-electron chi connectivity index (χ2n) is 5.45. The Hall–Kier alpha value is -1.81. The zero-order valence-electron chi connectivity index (χ0n) is 14.9. The van der Waals surface area contributed by atoms with E-state index in [1.807, 2.05) is 6.92 Å². The number of amides is 1. The van der Waals surface area contributed by atoms with Gasteiger partial charge in [-0.25, -0.2) is 4.99 Å². The van der Waals surface area contributed by atoms with Crippen LogP contribution in [0.1, 0.15) is 27.7 Å². The lowest BCUT2D eigenvalue weighted by molar-refractivity contribution is 0.0954. The van der Waals surface area contributed by atoms with Crippen molar-refractivity contribution in [2.75, 3.05) is 19.6 Å². The number of nitrogens with one attached hydrogen (secondary N) is 3. The summed E-state index contributed by atoms with van der Waals surface area (Å²) < 4.78 is 0. The van der Waals surface area contributed by atoms with Crippen LogP contribution in [0.5, 0.6) is 5.75 Å². The first kappa shape index (κ1) is 22.2. The average molecular weight is 488 g/mol. The van der Waals surface area contributed by atoms with Crippen LogP contribution in [-0.2, 0) is 6.54 Å². The second-order valence-corrected chi connectivity index (χ2v) is 6.45. The van der Waals surface area contributed by atoms with Crippen LogP contribution in [0.4, 0.5) is 0 Å². The molecule has 8 heteroatoms. The number of halogens is 1. The van der Waals surface area contributed by atoms with Crippen molar-refractivity contribution in [1.29, 1.82) is 0 Å². The van der Waals surface area contributed by atoms with Gasteiger partial charge in [-0.1, -0.05) is 0 Å². The predicted molar refractivity (Wildman–Crippen MR) is 118 cm³/mol. The number of hydrogen-bond acceptors (Lipinski definition) is 4. The van der Waals surface area contributed by atoms with Crippen LogP contribution in [0.25, 0.3) is 0 Å². The fraction of sp³-hybridized carbons (Fsp3) is 0.333. The number of rotatable bonds is 7. The molecule has 0 aliphatic heterocycles. The van der Waals surface area contributed by atoms with Gasteiger partial charge in [0.1, 0.15) is 5.75 Å². The summed E-state index contributed by atoms with van der Waals surface area (Å²) in [5.74, 6) is 0.706. The van der Waals surface area contributed by atoms with E-state index in [4.69, 9.17) is 0 Å². The highest BCUT2D eigenvalue weighted by molar-refractivity contribution is 14.0. The Bertz CT molecular complexity index is 716. The van der Waals surface area contributed by atoms with Crippen LogP contribution in [0.3, 0.4) is 0 Å². The van der Waals surface area contributed by atoms with E-state index in [1.165, 1.54) is 22.6 Å². The van der Waals surface area contributed by atoms with Crippen molar-refractivity contribution in [2.45, 2.75) is 20.4 Å². The molecule has 0 saturated carbocycles. The smallest absolute Gasteiger partial charge is 0.251 e. The maximum atomic E-state index is 12.0. The number of aliphatic imine (C=N–C) groups is 1. The molecule has 142 valence electrons. The molecule has 1 aromatic carbocycles. The van der Waals surface area contributed by atoms with Crippen molar-refractivity contribution in [3.63, 3.8) is 0 Å². The predicted octanol–water partition coefficient (Wildman–Crippen LogP) is 2.87. The molecule has 0 aliphatic carbocycles. The van der Waals surface area contributed by atoms with Gasteiger partial charge >= 0.3 is 0 Å². The molecule has 0 aliphatic rings. The van der Waals surface area contributed by atoms with E-state index in [1.54, 1.807) is 23.5 Å². The number of benzene rings is 1. The topological polar surface area (TPSA) is 85.8 Å². The van der Waals surface area contributed by atoms with Gasteiger partial charge in [-0.2, -0.15) is 0 Å². The molecule has 1 aromatic heterocycles. The summed E-state index contributed by atoms with van der Waals surface area (Å²) in [6.45, 7) is 6.55. The highest BCUT2D eigenvalue weighted by Gasteiger charge is 2.05. The first-order chi connectivity index (χ1) is 12.1. The summed E-state index contributed by atoms with van der Waals surface area (Å²) >= 11 is 1.70. The van der Waals surface area contributed by atoms with Gasteiger partial charge in [0.2, 0.25) is 0 Å². The Morgan fingerprint density at radius 1 is 1.12 bits per heavy atom. The molecule has 1 amide bonds. The lowest BCUT2D eigenvalue weighted by Gasteiger charge is -2.12. The van der Waals surface area contributed by atoms with Crippen LogP contribution in [0.2, 0.25) is 0 Å². The summed E-state index contributed by atoms with van der Waals surface area (Å²) in [6, 6.07) is 8.26. The third-order valence-corrected chi connectivity index (χ3v) is 4.53. The molecule has 0 bridgehead atoms. The number of aromatic hydroxyl groups is 1. The number of hydrogen-bond donors (Lipinski definition) is 4. The van der Waals surface area contributed by atoms with Gasteiger partial charge in [-0.05, 0) is 55.1 Å². The van der Waals surface area contributed by atoms with E-state index >= 15 is 0 Å². The second kappa shape index (κ2) is 11.7. The quantitative estimate of drug-likeness (QED) is 0.209. The highest BCUT2D eigenvalue weighted by Crippen LogP contribution is 2.16. The Balaban J connectivity index is 0.00000338. The minimum atomic E-state index is -0.169. The van der Waals surface area contributed by atoms with Gasteiger partial charge in [0, 0.05) is 30.1 Å². The lowest BCUT2D eigenvalue weighted by Crippen LogP contribution is -2.41. The van der Waals surface area contributed by atoms with Crippen molar-refractivity contribution < 1.29 is 9.90 Å². The molecule has 0 atom stereocenters. The Labute approximate surface area is 175 Å². The van der Waals surface area contributed by atoms with Crippen LogP contribution in [-0.4, -0.2) is 36.6 Å². The zero-order chi connectivity index (χ0) is 18.1. The number of thiophene rings is 1. The minimum Gasteiger partial charge on any atom is -0.508 e. The largest absolute Gasteiger partial charge is 0.508 e. The van der Waals surface area contributed by atoms with Crippen molar-refractivity contribution in [3.8, 4) is 5.75 Å². The van der Waals surface area contributed by atoms with E-state index in [0.29, 0.717) is 25.2 Å². The van der Waals surface area contributed by atoms with E-state index < -0.39 is 0 Å². The van der Waals surface area contributed by atoms with Crippen molar-refractivity contribution in [2.24, 2.45) is 4.99 Å². The SMILES string of the molecule is CCNC(=NCc1sccc1C)NCCNC(=O)c1ccc(O)cc1.I. The normalized spacial score (nSPS) is 10.8. The molecule has 26 heavy (non-hydrogen) atoms. The van der Waals surface area contributed by atoms with Crippen LogP contribution in [0.15, 0.2) is 40.7 Å². The van der Waals surface area contributed by atoms with E-state index in [0.717, 1.165) is 12.5 Å². The summed E-state index contributed by atoms with van der Waals surface area (Å²) in [6.07, 6.45) is 0. The fourth-order valence-corrected chi connectivity index (χ4v) is 2.96. The molecule has 2 rings (SSSR count). The molecule has 6 nitrogen and oxygen atoms in total. The van der Waals surface area contributed by atoms with Crippen molar-refractivity contribution in [1.82, 2.24) is 16.0 Å². The van der Waals surface area contributed by atoms with Gasteiger partial charge in [0.05, 0.1) is 6.54 Å². The first-order valence-corrected chi connectivity index (χ1v) is 9.10. The maximum absolute atomic E-state index is 12.0. The summed E-state index contributed by atoms with van der Waals surface area (Å²) in [7, 11) is 0. The first-order valence-electron chi connectivity index (χ1n) is 8.22. The third-order valence-electron chi connectivity index (χ3n) is 3.53. The van der Waals surface area contributed by atoms with Gasteiger partial charge in [0.25, 0.3) is 5.91 Å². The molecule has 2 aromatic rings. The zero-order valence-corrected chi connectivity index (χ0v) is 18.1. The third kappa shape index (κ3) is 7.20. The molecule has 0 spiro atoms. The lowest BCUT2D eigenvalue weighted by atomic mass is 10.2. The Morgan fingerprint density at radius 3 is 2.42 bits per heavy atom. The molecule has 0 fully saturated rings. The van der Waals surface area contributed by atoms with E-state index in [9.17, 15) is 9.90 Å². The summed E-state index contributed by atoms with van der Waals surface area (Å²) in [5.41, 5.74) is 1.78. The Morgan fingerprint density at radius 2 is 1.81 bits per heavy atom. The van der Waals surface area contributed by atoms with Crippen molar-refractivity contribution in [3.05, 3.63) is 51.7 Å². The highest BCUT2D eigenvalue weighted by atomic mass is 127. The molecule has 0 saturated heterocycles. The van der Waals surface area contributed by atoms with Crippen molar-refractivity contribution >= 4 is 47.2 Å². The fourth-order valence-electron chi connectivity index (χ4n) is 2.13. The van der Waals surface area contributed by atoms with Crippen LogP contribution in [0, 0.1) is 6.92 Å². The van der Waals surface area contributed by atoms with E-state index in [-0.39, 0.29) is 35.6 Å². The number of nitrogens with zero attached hydrogens (tertiary/aromatic N) is 1. The number of phenols is 1. The summed E-state index contributed by atoms with van der Waals surface area (Å²) in [4.78, 5) is 17.8. The number of guanidine groups is 1. The van der Waals surface area contributed by atoms with Gasteiger partial charge in [-0.3, -0.25) is 4.79 Å². The molecular formula is C18H25IN4O2S. The Kier molecular flexibility index (Phi) is 10.0. The van der Waals surface area contributed by atoms with Gasteiger partial charge in [-0.15, -0.1) is 35.3 Å². The van der Waals surface area contributed by atoms with Gasteiger partial charge in [0.15, 0.2) is 5.96 Å². The number of carbonyl (C=O) groups excluding carboxylic acids is 1. The maximum Gasteiger partial charge on any atom is 0.251 e. The van der Waals surface area contributed by atoms with Crippen LogP contribution < -0.4 is 16.0 Å². The molecule has 0 unspecified atom stereocenters. The van der Waals surface area contributed by atoms with E-state index in [2.05, 4.69) is 39.3 Å². The number of phenolic OH excluding ortho intramolecular Hbond substituents is 1. The monoisotopic (exact) mass is 488 g/mol. The van der Waals surface area contributed by atoms with Gasteiger partial charge < -0.3 is 21.1 Å². The molecule has 0 radical (unpaired) electrons. The summed E-state index contributed by atoms with van der Waals surface area (Å²) in [5, 5.41) is 20.5. The number of carbonyl (C=O) groups is 1. The molecule has 4 N–H and O–H groups in total. The molecule has 1 heterocycles.